The average Bonchev–Trinajstić information content (AvgIpc) is 3.23. The molecule has 4 rings (SSSR count). The fourth-order valence-electron chi connectivity index (χ4n) is 3.37. The van der Waals surface area contributed by atoms with Crippen molar-refractivity contribution in [1.29, 1.82) is 0 Å². The lowest BCUT2D eigenvalue weighted by atomic mass is 10.1. The number of carbonyl (C=O) groups excluding carboxylic acids is 1. The van der Waals surface area contributed by atoms with Gasteiger partial charge in [0.25, 0.3) is 0 Å². The second kappa shape index (κ2) is 8.12. The first-order valence-corrected chi connectivity index (χ1v) is 10.1. The van der Waals surface area contributed by atoms with Gasteiger partial charge in [-0.05, 0) is 29.6 Å². The molecule has 3 aromatic rings. The Morgan fingerprint density at radius 2 is 1.93 bits per heavy atom. The molecule has 0 saturated carbocycles. The van der Waals surface area contributed by atoms with Crippen molar-refractivity contribution >= 4 is 33.8 Å². The summed E-state index contributed by atoms with van der Waals surface area (Å²) in [5.41, 5.74) is 2.96. The number of aromatic nitrogens is 2. The summed E-state index contributed by atoms with van der Waals surface area (Å²) in [5.74, 6) is 0.589. The predicted octanol–water partition coefficient (Wildman–Crippen LogP) is 2.93. The zero-order valence-electron chi connectivity index (χ0n) is 15.4. The summed E-state index contributed by atoms with van der Waals surface area (Å²) in [6.45, 7) is 7.59. The highest BCUT2D eigenvalue weighted by Crippen LogP contribution is 2.27. The van der Waals surface area contributed by atoms with Crippen molar-refractivity contribution in [3.05, 3.63) is 42.2 Å². The van der Waals surface area contributed by atoms with Crippen molar-refractivity contribution in [2.24, 2.45) is 0 Å². The molecule has 0 unspecified atom stereocenters. The van der Waals surface area contributed by atoms with Gasteiger partial charge in [-0.15, -0.1) is 11.3 Å². The van der Waals surface area contributed by atoms with Gasteiger partial charge >= 0.3 is 0 Å². The number of benzene rings is 1. The Hall–Kier alpha value is -2.35. The van der Waals surface area contributed by atoms with E-state index in [9.17, 15) is 4.79 Å². The summed E-state index contributed by atoms with van der Waals surface area (Å²) >= 11 is 1.62. The molecule has 1 aliphatic rings. The van der Waals surface area contributed by atoms with Crippen LogP contribution in [0.3, 0.4) is 0 Å². The Bertz CT molecular complexity index is 919. The van der Waals surface area contributed by atoms with Crippen LogP contribution < -0.4 is 5.32 Å². The highest BCUT2D eigenvalue weighted by molar-refractivity contribution is 7.13. The normalized spacial score (nSPS) is 15.9. The molecule has 1 amide bonds. The number of piperazine rings is 1. The van der Waals surface area contributed by atoms with Crippen molar-refractivity contribution < 1.29 is 4.79 Å². The molecule has 1 fully saturated rings. The topological polar surface area (TPSA) is 61.4 Å². The Labute approximate surface area is 162 Å². The van der Waals surface area contributed by atoms with E-state index in [0.29, 0.717) is 12.4 Å². The van der Waals surface area contributed by atoms with Gasteiger partial charge in [-0.3, -0.25) is 14.7 Å². The summed E-state index contributed by atoms with van der Waals surface area (Å²) in [6.07, 6.45) is 3.68. The van der Waals surface area contributed by atoms with Gasteiger partial charge in [0.05, 0.1) is 16.9 Å². The van der Waals surface area contributed by atoms with E-state index in [2.05, 4.69) is 50.2 Å². The van der Waals surface area contributed by atoms with Gasteiger partial charge in [0, 0.05) is 44.0 Å². The van der Waals surface area contributed by atoms with E-state index in [1.54, 1.807) is 17.5 Å². The van der Waals surface area contributed by atoms with Crippen LogP contribution in [-0.4, -0.2) is 64.9 Å². The Kier molecular flexibility index (Phi) is 5.42. The Balaban J connectivity index is 1.43. The minimum atomic E-state index is -0.00888. The standard InChI is InChI=1S/C20H23N5OS/c1-2-24-5-7-25(8-6-24)13-20(26)23-19-10-17-9-15(18-12-21-14-27-18)3-4-16(17)11-22-19/h3-4,9-12,14H,2,5-8,13H2,1H3,(H,22,23,26). The highest BCUT2D eigenvalue weighted by Gasteiger charge is 2.18. The van der Waals surface area contributed by atoms with E-state index >= 15 is 0 Å². The molecule has 6 nitrogen and oxygen atoms in total. The molecule has 2 aromatic heterocycles. The number of amides is 1. The van der Waals surface area contributed by atoms with Crippen LogP contribution in [-0.2, 0) is 4.79 Å². The molecule has 3 heterocycles. The van der Waals surface area contributed by atoms with Crippen LogP contribution in [0, 0.1) is 0 Å². The summed E-state index contributed by atoms with van der Waals surface area (Å²) in [7, 11) is 0. The lowest BCUT2D eigenvalue weighted by molar-refractivity contribution is -0.117. The molecule has 0 atom stereocenters. The molecule has 0 spiro atoms. The van der Waals surface area contributed by atoms with Crippen LogP contribution in [0.15, 0.2) is 42.2 Å². The number of nitrogens with one attached hydrogen (secondary N) is 1. The molecule has 1 aliphatic heterocycles. The van der Waals surface area contributed by atoms with Gasteiger partial charge in [-0.1, -0.05) is 19.1 Å². The van der Waals surface area contributed by atoms with E-state index < -0.39 is 0 Å². The van der Waals surface area contributed by atoms with Crippen molar-refractivity contribution in [3.63, 3.8) is 0 Å². The first kappa shape index (κ1) is 18.0. The zero-order valence-corrected chi connectivity index (χ0v) is 16.2. The number of anilines is 1. The van der Waals surface area contributed by atoms with Crippen LogP contribution in [0.1, 0.15) is 6.92 Å². The van der Waals surface area contributed by atoms with Crippen molar-refractivity contribution in [3.8, 4) is 10.4 Å². The monoisotopic (exact) mass is 381 g/mol. The van der Waals surface area contributed by atoms with Gasteiger partial charge < -0.3 is 10.2 Å². The molecule has 1 N–H and O–H groups in total. The fraction of sp³-hybridized carbons (Fsp3) is 0.350. The maximum absolute atomic E-state index is 12.4. The second-order valence-corrected chi connectivity index (χ2v) is 7.64. The number of rotatable bonds is 5. The van der Waals surface area contributed by atoms with E-state index in [1.165, 1.54) is 0 Å². The number of pyridine rings is 1. The molecule has 0 bridgehead atoms. The first-order valence-electron chi connectivity index (χ1n) is 9.24. The van der Waals surface area contributed by atoms with Crippen LogP contribution in [0.25, 0.3) is 21.2 Å². The second-order valence-electron chi connectivity index (χ2n) is 6.76. The van der Waals surface area contributed by atoms with E-state index in [0.717, 1.165) is 53.9 Å². The Morgan fingerprint density at radius 1 is 1.11 bits per heavy atom. The summed E-state index contributed by atoms with van der Waals surface area (Å²) < 4.78 is 0. The quantitative estimate of drug-likeness (QED) is 0.736. The number of likely N-dealkylation sites (N-methyl/N-ethyl adjacent to an activating group) is 1. The van der Waals surface area contributed by atoms with Gasteiger partial charge in [-0.25, -0.2) is 4.98 Å². The highest BCUT2D eigenvalue weighted by atomic mass is 32.1. The molecular weight excluding hydrogens is 358 g/mol. The largest absolute Gasteiger partial charge is 0.310 e. The van der Waals surface area contributed by atoms with Crippen molar-refractivity contribution in [2.75, 3.05) is 44.6 Å². The lowest BCUT2D eigenvalue weighted by Gasteiger charge is -2.33. The number of nitrogens with zero attached hydrogens (tertiary/aromatic N) is 4. The predicted molar refractivity (Wildman–Crippen MR) is 110 cm³/mol. The fourth-order valence-corrected chi connectivity index (χ4v) is 3.99. The smallest absolute Gasteiger partial charge is 0.239 e. The van der Waals surface area contributed by atoms with Crippen LogP contribution in [0.4, 0.5) is 5.82 Å². The molecule has 0 radical (unpaired) electrons. The average molecular weight is 382 g/mol. The van der Waals surface area contributed by atoms with E-state index in [1.807, 2.05) is 17.8 Å². The minimum absolute atomic E-state index is 0.00888. The number of carbonyl (C=O) groups is 1. The SMILES string of the molecule is CCN1CCN(CC(=O)Nc2cc3cc(-c4cncs4)ccc3cn2)CC1. The van der Waals surface area contributed by atoms with E-state index in [-0.39, 0.29) is 5.91 Å². The van der Waals surface area contributed by atoms with Gasteiger partial charge in [0.1, 0.15) is 5.82 Å². The number of thiazole rings is 1. The van der Waals surface area contributed by atoms with E-state index in [4.69, 9.17) is 0 Å². The third-order valence-corrected chi connectivity index (χ3v) is 5.81. The lowest BCUT2D eigenvalue weighted by Crippen LogP contribution is -2.48. The summed E-state index contributed by atoms with van der Waals surface area (Å²) in [6, 6.07) is 8.18. The maximum atomic E-state index is 12.4. The molecule has 140 valence electrons. The molecule has 27 heavy (non-hydrogen) atoms. The van der Waals surface area contributed by atoms with Crippen molar-refractivity contribution in [2.45, 2.75) is 6.92 Å². The van der Waals surface area contributed by atoms with Crippen LogP contribution >= 0.6 is 11.3 Å². The Morgan fingerprint density at radius 3 is 2.67 bits per heavy atom. The molecule has 7 heteroatoms. The zero-order chi connectivity index (χ0) is 18.6. The molecule has 1 saturated heterocycles. The van der Waals surface area contributed by atoms with Gasteiger partial charge in [-0.2, -0.15) is 0 Å². The minimum Gasteiger partial charge on any atom is -0.310 e. The van der Waals surface area contributed by atoms with Crippen LogP contribution in [0.2, 0.25) is 0 Å². The van der Waals surface area contributed by atoms with Gasteiger partial charge in [0.15, 0.2) is 0 Å². The molecular formula is C20H23N5OS. The number of hydrogen-bond acceptors (Lipinski definition) is 6. The maximum Gasteiger partial charge on any atom is 0.239 e. The number of fused-ring (bicyclic) bond motifs is 1. The number of hydrogen-bond donors (Lipinski definition) is 1. The van der Waals surface area contributed by atoms with Crippen LogP contribution in [0.5, 0.6) is 0 Å². The first-order chi connectivity index (χ1) is 13.2. The molecule has 0 aliphatic carbocycles. The third-order valence-electron chi connectivity index (χ3n) is 4.99. The van der Waals surface area contributed by atoms with Gasteiger partial charge in [0.2, 0.25) is 5.91 Å². The third kappa shape index (κ3) is 4.32. The van der Waals surface area contributed by atoms with Crippen molar-refractivity contribution in [1.82, 2.24) is 19.8 Å². The summed E-state index contributed by atoms with van der Waals surface area (Å²) in [5, 5.41) is 5.06. The summed E-state index contributed by atoms with van der Waals surface area (Å²) in [4.78, 5) is 26.7. The molecule has 1 aromatic carbocycles.